The van der Waals surface area contributed by atoms with Crippen molar-refractivity contribution in [1.29, 1.82) is 0 Å². The Morgan fingerprint density at radius 1 is 1.21 bits per heavy atom. The Morgan fingerprint density at radius 2 is 1.79 bits per heavy atom. The highest BCUT2D eigenvalue weighted by Crippen LogP contribution is 2.48. The molecule has 1 aliphatic rings. The molecule has 0 radical (unpaired) electrons. The molecule has 1 heterocycles. The Balaban J connectivity index is 2.34. The van der Waals surface area contributed by atoms with Gasteiger partial charge in [0.2, 0.25) is 5.91 Å². The molecule has 1 aromatic carbocycles. The third kappa shape index (κ3) is 1.07. The van der Waals surface area contributed by atoms with E-state index in [2.05, 4.69) is 12.1 Å². The van der Waals surface area contributed by atoms with Gasteiger partial charge in [-0.05, 0) is 19.4 Å². The van der Waals surface area contributed by atoms with Gasteiger partial charge in [-0.3, -0.25) is 4.79 Å². The number of β-lactam (4-membered cyclic amide) rings is 1. The fourth-order valence-electron chi connectivity index (χ4n) is 2.38. The van der Waals surface area contributed by atoms with Crippen LogP contribution in [-0.4, -0.2) is 17.9 Å². The molecule has 0 N–H and O–H groups in total. The summed E-state index contributed by atoms with van der Waals surface area (Å²) in [5, 5.41) is 0. The van der Waals surface area contributed by atoms with Crippen LogP contribution in [0, 0.1) is 5.41 Å². The van der Waals surface area contributed by atoms with Gasteiger partial charge < -0.3 is 4.90 Å². The van der Waals surface area contributed by atoms with Gasteiger partial charge in [-0.1, -0.05) is 30.3 Å². The average Bonchev–Trinajstić information content (AvgIpc) is 2.18. The van der Waals surface area contributed by atoms with Crippen LogP contribution in [0.25, 0.3) is 0 Å². The Labute approximate surface area is 84.5 Å². The van der Waals surface area contributed by atoms with E-state index in [4.69, 9.17) is 0 Å². The maximum atomic E-state index is 11.6. The smallest absolute Gasteiger partial charge is 0.230 e. The number of carbonyl (C=O) groups excluding carboxylic acids is 1. The molecule has 1 atom stereocenters. The third-order valence-electron chi connectivity index (χ3n) is 3.06. The minimum atomic E-state index is -0.240. The van der Waals surface area contributed by atoms with Crippen molar-refractivity contribution >= 4 is 5.91 Å². The van der Waals surface area contributed by atoms with Crippen molar-refractivity contribution in [3.63, 3.8) is 0 Å². The molecule has 0 aromatic heterocycles. The van der Waals surface area contributed by atoms with E-state index in [9.17, 15) is 4.79 Å². The number of hydrogen-bond donors (Lipinski definition) is 0. The second-order valence-corrected chi connectivity index (χ2v) is 4.45. The minimum Gasteiger partial charge on any atom is -0.337 e. The normalized spacial score (nSPS) is 24.6. The molecule has 2 nitrogen and oxygen atoms in total. The summed E-state index contributed by atoms with van der Waals surface area (Å²) < 4.78 is 0. The van der Waals surface area contributed by atoms with E-state index in [1.165, 1.54) is 5.56 Å². The topological polar surface area (TPSA) is 20.3 Å². The van der Waals surface area contributed by atoms with Crippen LogP contribution < -0.4 is 0 Å². The average molecular weight is 189 g/mol. The molecule has 1 aromatic rings. The molecule has 0 bridgehead atoms. The number of hydrogen-bond acceptors (Lipinski definition) is 1. The maximum absolute atomic E-state index is 11.6. The van der Waals surface area contributed by atoms with Gasteiger partial charge in [-0.15, -0.1) is 0 Å². The Kier molecular flexibility index (Phi) is 1.88. The summed E-state index contributed by atoms with van der Waals surface area (Å²) >= 11 is 0. The monoisotopic (exact) mass is 189 g/mol. The van der Waals surface area contributed by atoms with Crippen LogP contribution in [0.2, 0.25) is 0 Å². The van der Waals surface area contributed by atoms with Crippen LogP contribution in [0.5, 0.6) is 0 Å². The lowest BCUT2D eigenvalue weighted by Crippen LogP contribution is -2.58. The Bertz CT molecular complexity index is 356. The maximum Gasteiger partial charge on any atom is 0.230 e. The van der Waals surface area contributed by atoms with Gasteiger partial charge in [-0.2, -0.15) is 0 Å². The predicted molar refractivity (Wildman–Crippen MR) is 55.7 cm³/mol. The molecule has 2 rings (SSSR count). The third-order valence-corrected chi connectivity index (χ3v) is 3.06. The summed E-state index contributed by atoms with van der Waals surface area (Å²) in [4.78, 5) is 13.4. The molecule has 74 valence electrons. The van der Waals surface area contributed by atoms with Gasteiger partial charge in [0.25, 0.3) is 0 Å². The van der Waals surface area contributed by atoms with E-state index in [0.29, 0.717) is 0 Å². The van der Waals surface area contributed by atoms with E-state index >= 15 is 0 Å². The molecule has 14 heavy (non-hydrogen) atoms. The summed E-state index contributed by atoms with van der Waals surface area (Å²) in [6, 6.07) is 10.4. The van der Waals surface area contributed by atoms with Crippen molar-refractivity contribution < 1.29 is 4.79 Å². The molecule has 1 aliphatic heterocycles. The number of likely N-dealkylation sites (tertiary alicyclic amines) is 1. The number of amides is 1. The minimum absolute atomic E-state index is 0.228. The first-order valence-electron chi connectivity index (χ1n) is 4.87. The standard InChI is InChI=1S/C12H15NO/c1-12(2)10(13(3)11(12)14)9-7-5-4-6-8-9/h4-8,10H,1-3H3/t10-/m1/s1. The lowest BCUT2D eigenvalue weighted by molar-refractivity contribution is -0.165. The first kappa shape index (κ1) is 9.25. The van der Waals surface area contributed by atoms with Crippen molar-refractivity contribution in [3.8, 4) is 0 Å². The molecule has 2 heteroatoms. The van der Waals surface area contributed by atoms with Gasteiger partial charge in [0, 0.05) is 7.05 Å². The van der Waals surface area contributed by atoms with E-state index in [1.54, 1.807) is 0 Å². The zero-order valence-electron chi connectivity index (χ0n) is 8.82. The van der Waals surface area contributed by atoms with E-state index in [1.807, 2.05) is 44.0 Å². The van der Waals surface area contributed by atoms with Crippen LogP contribution in [0.4, 0.5) is 0 Å². The van der Waals surface area contributed by atoms with Crippen LogP contribution in [0.15, 0.2) is 30.3 Å². The summed E-state index contributed by atoms with van der Waals surface area (Å²) in [5.74, 6) is 0.228. The Hall–Kier alpha value is -1.31. The number of nitrogens with zero attached hydrogens (tertiary/aromatic N) is 1. The second kappa shape index (κ2) is 2.84. The largest absolute Gasteiger partial charge is 0.337 e. The molecule has 0 saturated carbocycles. The molecule has 1 fully saturated rings. The highest BCUT2D eigenvalue weighted by Gasteiger charge is 2.52. The molecular weight excluding hydrogens is 174 g/mol. The molecule has 0 unspecified atom stereocenters. The van der Waals surface area contributed by atoms with Crippen LogP contribution in [0.3, 0.4) is 0 Å². The van der Waals surface area contributed by atoms with Crippen molar-refractivity contribution in [2.24, 2.45) is 5.41 Å². The SMILES string of the molecule is CN1C(=O)C(C)(C)[C@H]1c1ccccc1. The van der Waals surface area contributed by atoms with Gasteiger partial charge in [0.1, 0.15) is 0 Å². The van der Waals surface area contributed by atoms with Crippen LogP contribution in [-0.2, 0) is 4.79 Å². The first-order valence-corrected chi connectivity index (χ1v) is 4.87. The predicted octanol–water partition coefficient (Wildman–Crippen LogP) is 2.23. The van der Waals surface area contributed by atoms with Crippen molar-refractivity contribution in [1.82, 2.24) is 4.90 Å². The van der Waals surface area contributed by atoms with Gasteiger partial charge >= 0.3 is 0 Å². The van der Waals surface area contributed by atoms with E-state index < -0.39 is 0 Å². The summed E-state index contributed by atoms with van der Waals surface area (Å²) in [6.45, 7) is 4.01. The zero-order chi connectivity index (χ0) is 10.3. The van der Waals surface area contributed by atoms with E-state index in [-0.39, 0.29) is 17.4 Å². The number of rotatable bonds is 1. The van der Waals surface area contributed by atoms with Crippen LogP contribution in [0.1, 0.15) is 25.5 Å². The van der Waals surface area contributed by atoms with Crippen molar-refractivity contribution in [2.45, 2.75) is 19.9 Å². The molecule has 0 spiro atoms. The van der Waals surface area contributed by atoms with E-state index in [0.717, 1.165) is 0 Å². The van der Waals surface area contributed by atoms with Gasteiger partial charge in [0.15, 0.2) is 0 Å². The highest BCUT2D eigenvalue weighted by atomic mass is 16.2. The molecule has 1 amide bonds. The van der Waals surface area contributed by atoms with Gasteiger partial charge in [0.05, 0.1) is 11.5 Å². The fraction of sp³-hybridized carbons (Fsp3) is 0.417. The fourth-order valence-corrected chi connectivity index (χ4v) is 2.38. The Morgan fingerprint density at radius 3 is 2.29 bits per heavy atom. The quantitative estimate of drug-likeness (QED) is 0.620. The first-order chi connectivity index (χ1) is 6.55. The van der Waals surface area contributed by atoms with Gasteiger partial charge in [-0.25, -0.2) is 0 Å². The van der Waals surface area contributed by atoms with Crippen LogP contribution >= 0.6 is 0 Å². The number of carbonyl (C=O) groups is 1. The zero-order valence-corrected chi connectivity index (χ0v) is 8.82. The lowest BCUT2D eigenvalue weighted by atomic mass is 9.71. The molecule has 1 saturated heterocycles. The second-order valence-electron chi connectivity index (χ2n) is 4.45. The highest BCUT2D eigenvalue weighted by molar-refractivity contribution is 5.89. The summed E-state index contributed by atoms with van der Waals surface area (Å²) in [7, 11) is 1.87. The summed E-state index contributed by atoms with van der Waals surface area (Å²) in [5.41, 5.74) is 0.982. The summed E-state index contributed by atoms with van der Waals surface area (Å²) in [6.07, 6.45) is 0. The van der Waals surface area contributed by atoms with Crippen molar-refractivity contribution in [2.75, 3.05) is 7.05 Å². The number of benzene rings is 1. The van der Waals surface area contributed by atoms with Crippen molar-refractivity contribution in [3.05, 3.63) is 35.9 Å². The molecular formula is C12H15NO. The molecule has 0 aliphatic carbocycles. The lowest BCUT2D eigenvalue weighted by Gasteiger charge is -2.51.